The molecule has 0 spiro atoms. The van der Waals surface area contributed by atoms with Crippen molar-refractivity contribution < 1.29 is 9.90 Å². The Bertz CT molecular complexity index is 506. The first kappa shape index (κ1) is 13.1. The van der Waals surface area contributed by atoms with Crippen LogP contribution in [0.2, 0.25) is 0 Å². The van der Waals surface area contributed by atoms with Gasteiger partial charge in [-0.3, -0.25) is 5.32 Å². The molecule has 0 aliphatic rings. The zero-order chi connectivity index (χ0) is 12.8. The fourth-order valence-electron chi connectivity index (χ4n) is 1.26. The van der Waals surface area contributed by atoms with Crippen molar-refractivity contribution in [3.8, 4) is 6.19 Å². The van der Waals surface area contributed by atoms with Crippen LogP contribution in [0.3, 0.4) is 0 Å². The molecule has 0 saturated carbocycles. The van der Waals surface area contributed by atoms with Crippen molar-refractivity contribution in [2.75, 3.05) is 6.26 Å². The molecule has 0 heterocycles. The quantitative estimate of drug-likeness (QED) is 0.363. The first-order valence-corrected chi connectivity index (χ1v) is 5.93. The van der Waals surface area contributed by atoms with Crippen molar-refractivity contribution in [1.29, 1.82) is 5.26 Å². The van der Waals surface area contributed by atoms with Crippen LogP contribution in [0.15, 0.2) is 23.2 Å². The van der Waals surface area contributed by atoms with Crippen LogP contribution in [-0.2, 0) is 0 Å². The van der Waals surface area contributed by atoms with Gasteiger partial charge in [-0.15, -0.1) is 0 Å². The highest BCUT2D eigenvalue weighted by molar-refractivity contribution is 8.13. The molecule has 17 heavy (non-hydrogen) atoms. The van der Waals surface area contributed by atoms with E-state index >= 15 is 0 Å². The van der Waals surface area contributed by atoms with Crippen molar-refractivity contribution in [3.63, 3.8) is 0 Å². The molecule has 0 unspecified atom stereocenters. The molecule has 0 fully saturated rings. The van der Waals surface area contributed by atoms with E-state index in [4.69, 9.17) is 10.4 Å². The van der Waals surface area contributed by atoms with Crippen molar-refractivity contribution in [2.24, 2.45) is 4.99 Å². The summed E-state index contributed by atoms with van der Waals surface area (Å²) in [6.07, 6.45) is 3.56. The Labute approximate surface area is 103 Å². The molecule has 88 valence electrons. The normalized spacial score (nSPS) is 10.8. The number of hydrogen-bond donors (Lipinski definition) is 2. The van der Waals surface area contributed by atoms with Crippen molar-refractivity contribution >= 4 is 28.6 Å². The second-order valence-corrected chi connectivity index (χ2v) is 3.91. The topological polar surface area (TPSA) is 85.5 Å². The summed E-state index contributed by atoms with van der Waals surface area (Å²) in [7, 11) is 0. The number of nitriles is 1. The van der Waals surface area contributed by atoms with E-state index in [1.165, 1.54) is 17.8 Å². The van der Waals surface area contributed by atoms with Crippen LogP contribution in [0.25, 0.3) is 0 Å². The molecule has 0 atom stereocenters. The smallest absolute Gasteiger partial charge is 0.336 e. The van der Waals surface area contributed by atoms with Gasteiger partial charge in [0.2, 0.25) is 0 Å². The number of rotatable bonds is 2. The van der Waals surface area contributed by atoms with Crippen LogP contribution in [-0.4, -0.2) is 22.5 Å². The first-order valence-electron chi connectivity index (χ1n) is 4.70. The number of carbonyl (C=O) groups is 1. The fourth-order valence-corrected chi connectivity index (χ4v) is 1.60. The van der Waals surface area contributed by atoms with E-state index < -0.39 is 5.97 Å². The molecule has 0 amide bonds. The fraction of sp³-hybridized carbons (Fsp3) is 0.182. The molecule has 0 radical (unpaired) electrons. The minimum atomic E-state index is -0.988. The molecule has 1 rings (SSSR count). The van der Waals surface area contributed by atoms with Crippen molar-refractivity contribution in [1.82, 2.24) is 5.32 Å². The number of aliphatic imine (C=N–C) groups is 1. The van der Waals surface area contributed by atoms with Crippen molar-refractivity contribution in [3.05, 3.63) is 29.3 Å². The summed E-state index contributed by atoms with van der Waals surface area (Å²) >= 11 is 1.28. The Hall–Kier alpha value is -2.00. The molecule has 0 aliphatic heterocycles. The molecule has 0 bridgehead atoms. The molecule has 6 heteroatoms. The van der Waals surface area contributed by atoms with Gasteiger partial charge in [0.1, 0.15) is 0 Å². The first-order chi connectivity index (χ1) is 8.10. The lowest BCUT2D eigenvalue weighted by molar-refractivity contribution is 0.0696. The monoisotopic (exact) mass is 249 g/mol. The van der Waals surface area contributed by atoms with E-state index in [1.54, 1.807) is 31.5 Å². The number of aromatic carboxylic acids is 1. The number of carboxylic acid groups (broad SMARTS) is 1. The van der Waals surface area contributed by atoms with Crippen LogP contribution in [0.1, 0.15) is 15.9 Å². The van der Waals surface area contributed by atoms with Gasteiger partial charge in [-0.05, 0) is 30.9 Å². The van der Waals surface area contributed by atoms with E-state index in [9.17, 15) is 4.79 Å². The van der Waals surface area contributed by atoms with Crippen molar-refractivity contribution in [2.45, 2.75) is 6.92 Å². The van der Waals surface area contributed by atoms with E-state index in [0.29, 0.717) is 16.4 Å². The second-order valence-electron chi connectivity index (χ2n) is 3.11. The number of thioether (sulfide) groups is 1. The predicted octanol–water partition coefficient (Wildman–Crippen LogP) is 2.11. The summed E-state index contributed by atoms with van der Waals surface area (Å²) in [6, 6.07) is 4.85. The molecule has 0 aliphatic carbocycles. The summed E-state index contributed by atoms with van der Waals surface area (Å²) in [4.78, 5) is 15.1. The van der Waals surface area contributed by atoms with E-state index in [-0.39, 0.29) is 5.56 Å². The molecule has 1 aromatic carbocycles. The van der Waals surface area contributed by atoms with Gasteiger partial charge in [-0.1, -0.05) is 17.8 Å². The molecule has 0 aromatic heterocycles. The Kier molecular flexibility index (Phi) is 4.55. The molecule has 2 N–H and O–H groups in total. The van der Waals surface area contributed by atoms with Gasteiger partial charge in [0.05, 0.1) is 11.3 Å². The Morgan fingerprint density at radius 3 is 2.82 bits per heavy atom. The maximum atomic E-state index is 10.9. The zero-order valence-electron chi connectivity index (χ0n) is 9.39. The van der Waals surface area contributed by atoms with Crippen LogP contribution in [0.5, 0.6) is 0 Å². The number of carboxylic acids is 1. The van der Waals surface area contributed by atoms with Gasteiger partial charge < -0.3 is 5.11 Å². The van der Waals surface area contributed by atoms with Gasteiger partial charge in [0, 0.05) is 0 Å². The molecular formula is C11H11N3O2S. The summed E-state index contributed by atoms with van der Waals surface area (Å²) in [6.45, 7) is 1.69. The summed E-state index contributed by atoms with van der Waals surface area (Å²) in [5, 5.41) is 20.3. The number of nitrogens with one attached hydrogen (secondary N) is 1. The third-order valence-electron chi connectivity index (χ3n) is 2.11. The highest BCUT2D eigenvalue weighted by atomic mass is 32.2. The second kappa shape index (κ2) is 5.92. The Morgan fingerprint density at radius 1 is 1.59 bits per heavy atom. The standard InChI is InChI=1S/C11H11N3O2S/c1-7-8(10(15)16)4-3-5-9(7)14-11(17-2)13-6-12/h3-5H,1-2H3,(H,13,14)(H,15,16). The average Bonchev–Trinajstić information content (AvgIpc) is 2.30. The molecular weight excluding hydrogens is 238 g/mol. The van der Waals surface area contributed by atoms with Gasteiger partial charge in [-0.2, -0.15) is 5.26 Å². The van der Waals surface area contributed by atoms with Gasteiger partial charge in [-0.25, -0.2) is 9.79 Å². The van der Waals surface area contributed by atoms with Crippen LogP contribution < -0.4 is 5.32 Å². The van der Waals surface area contributed by atoms with Crippen LogP contribution in [0, 0.1) is 18.4 Å². The maximum absolute atomic E-state index is 10.9. The highest BCUT2D eigenvalue weighted by Crippen LogP contribution is 2.22. The zero-order valence-corrected chi connectivity index (χ0v) is 10.2. The minimum Gasteiger partial charge on any atom is -0.478 e. The number of amidine groups is 1. The molecule has 5 nitrogen and oxygen atoms in total. The molecule has 0 saturated heterocycles. The Morgan fingerprint density at radius 2 is 2.29 bits per heavy atom. The highest BCUT2D eigenvalue weighted by Gasteiger charge is 2.09. The summed E-state index contributed by atoms with van der Waals surface area (Å²) in [5.74, 6) is -0.988. The van der Waals surface area contributed by atoms with Gasteiger partial charge >= 0.3 is 5.97 Å². The number of benzene rings is 1. The maximum Gasteiger partial charge on any atom is 0.336 e. The van der Waals surface area contributed by atoms with E-state index in [0.717, 1.165) is 0 Å². The van der Waals surface area contributed by atoms with Crippen LogP contribution in [0.4, 0.5) is 5.69 Å². The number of nitrogens with zero attached hydrogens (tertiary/aromatic N) is 2. The third kappa shape index (κ3) is 3.23. The number of hydrogen-bond acceptors (Lipinski definition) is 4. The summed E-state index contributed by atoms with van der Waals surface area (Å²) in [5.41, 5.74) is 1.33. The Balaban J connectivity index is 3.20. The van der Waals surface area contributed by atoms with Gasteiger partial charge in [0.15, 0.2) is 11.4 Å². The molecule has 1 aromatic rings. The SMILES string of the molecule is CSC(=Nc1cccc(C(=O)O)c1C)NC#N. The van der Waals surface area contributed by atoms with Gasteiger partial charge in [0.25, 0.3) is 0 Å². The summed E-state index contributed by atoms with van der Waals surface area (Å²) < 4.78 is 0. The minimum absolute atomic E-state index is 0.212. The average molecular weight is 249 g/mol. The third-order valence-corrected chi connectivity index (χ3v) is 2.69. The lowest BCUT2D eigenvalue weighted by atomic mass is 10.1. The van der Waals surface area contributed by atoms with E-state index in [1.807, 2.05) is 0 Å². The van der Waals surface area contributed by atoms with E-state index in [2.05, 4.69) is 10.3 Å². The predicted molar refractivity (Wildman–Crippen MR) is 67.5 cm³/mol. The lowest BCUT2D eigenvalue weighted by Crippen LogP contribution is -2.12. The lowest BCUT2D eigenvalue weighted by Gasteiger charge is -2.05. The van der Waals surface area contributed by atoms with Crippen LogP contribution >= 0.6 is 11.8 Å². The largest absolute Gasteiger partial charge is 0.478 e.